The van der Waals surface area contributed by atoms with Crippen LogP contribution in [0.1, 0.15) is 37.3 Å². The minimum absolute atomic E-state index is 0.0492. The summed E-state index contributed by atoms with van der Waals surface area (Å²) in [4.78, 5) is 4.28. The molecule has 2 N–H and O–H groups in total. The van der Waals surface area contributed by atoms with Gasteiger partial charge < -0.3 is 24.5 Å². The number of nitrogens with one attached hydrogen (secondary N) is 2. The lowest BCUT2D eigenvalue weighted by Gasteiger charge is -2.36. The van der Waals surface area contributed by atoms with Crippen LogP contribution in [-0.4, -0.2) is 45.5 Å². The normalized spacial score (nSPS) is 19.7. The summed E-state index contributed by atoms with van der Waals surface area (Å²) >= 11 is 0. The maximum Gasteiger partial charge on any atom is 0.191 e. The number of furan rings is 1. The summed E-state index contributed by atoms with van der Waals surface area (Å²) in [6, 6.07) is 3.99. The third-order valence-electron chi connectivity index (χ3n) is 4.18. The molecule has 124 valence electrons. The minimum atomic E-state index is -0.180. The molecule has 6 heteroatoms. The third kappa shape index (κ3) is 4.24. The quantitative estimate of drug-likeness (QED) is 0.643. The van der Waals surface area contributed by atoms with Gasteiger partial charge >= 0.3 is 0 Å². The van der Waals surface area contributed by atoms with Crippen LogP contribution in [0.15, 0.2) is 21.5 Å². The van der Waals surface area contributed by atoms with E-state index in [1.807, 2.05) is 26.0 Å². The number of nitrogens with zero attached hydrogens (tertiary/aromatic N) is 1. The molecular formula is C16H27N3O3. The first-order valence-corrected chi connectivity index (χ1v) is 7.75. The van der Waals surface area contributed by atoms with Gasteiger partial charge in [0.25, 0.3) is 0 Å². The zero-order valence-corrected chi connectivity index (χ0v) is 13.9. The van der Waals surface area contributed by atoms with E-state index >= 15 is 0 Å². The van der Waals surface area contributed by atoms with Crippen molar-refractivity contribution in [3.63, 3.8) is 0 Å². The summed E-state index contributed by atoms with van der Waals surface area (Å²) in [5, 5.41) is 6.69. The van der Waals surface area contributed by atoms with Gasteiger partial charge in [0.2, 0.25) is 0 Å². The molecule has 0 amide bonds. The zero-order chi connectivity index (χ0) is 16.0. The number of methoxy groups -OCH3 is 1. The molecule has 1 aromatic heterocycles. The second-order valence-electron chi connectivity index (χ2n) is 5.74. The van der Waals surface area contributed by atoms with Crippen LogP contribution >= 0.6 is 0 Å². The van der Waals surface area contributed by atoms with E-state index in [-0.39, 0.29) is 11.6 Å². The second-order valence-corrected chi connectivity index (χ2v) is 5.74. The zero-order valence-electron chi connectivity index (χ0n) is 13.9. The van der Waals surface area contributed by atoms with Gasteiger partial charge in [-0.15, -0.1) is 0 Å². The predicted molar refractivity (Wildman–Crippen MR) is 86.2 cm³/mol. The Hall–Kier alpha value is -1.53. The molecule has 1 atom stereocenters. The third-order valence-corrected chi connectivity index (χ3v) is 4.18. The molecule has 1 aromatic rings. The second kappa shape index (κ2) is 7.65. The summed E-state index contributed by atoms with van der Waals surface area (Å²) in [7, 11) is 3.52. The van der Waals surface area contributed by atoms with Crippen LogP contribution in [0, 0.1) is 6.92 Å². The Kier molecular flexibility index (Phi) is 5.85. The van der Waals surface area contributed by atoms with E-state index in [9.17, 15) is 0 Å². The average molecular weight is 309 g/mol. The van der Waals surface area contributed by atoms with Gasteiger partial charge in [0, 0.05) is 46.8 Å². The average Bonchev–Trinajstić information content (AvgIpc) is 2.98. The Morgan fingerprint density at radius 1 is 1.41 bits per heavy atom. The van der Waals surface area contributed by atoms with E-state index in [4.69, 9.17) is 13.9 Å². The van der Waals surface area contributed by atoms with Crippen LogP contribution in [0.2, 0.25) is 0 Å². The minimum Gasteiger partial charge on any atom is -0.464 e. The number of rotatable bonds is 5. The van der Waals surface area contributed by atoms with Crippen LogP contribution in [-0.2, 0) is 9.47 Å². The Labute approximate surface area is 132 Å². The number of aliphatic imine (C=N–C) groups is 1. The smallest absolute Gasteiger partial charge is 0.191 e. The van der Waals surface area contributed by atoms with E-state index in [1.165, 1.54) is 0 Å². The van der Waals surface area contributed by atoms with Crippen molar-refractivity contribution < 1.29 is 13.9 Å². The van der Waals surface area contributed by atoms with Gasteiger partial charge in [0.15, 0.2) is 5.96 Å². The number of aryl methyl sites for hydroxylation is 1. The van der Waals surface area contributed by atoms with Crippen molar-refractivity contribution in [2.45, 2.75) is 38.3 Å². The van der Waals surface area contributed by atoms with Gasteiger partial charge in [0.1, 0.15) is 11.5 Å². The molecule has 0 aliphatic carbocycles. The monoisotopic (exact) mass is 309 g/mol. The largest absolute Gasteiger partial charge is 0.464 e. The van der Waals surface area contributed by atoms with Gasteiger partial charge in [0.05, 0.1) is 11.6 Å². The van der Waals surface area contributed by atoms with Crippen molar-refractivity contribution >= 4 is 5.96 Å². The summed E-state index contributed by atoms with van der Waals surface area (Å²) in [5.41, 5.74) is -0.180. The molecule has 0 radical (unpaired) electrons. The van der Waals surface area contributed by atoms with E-state index in [0.717, 1.165) is 43.5 Å². The van der Waals surface area contributed by atoms with E-state index in [2.05, 4.69) is 15.6 Å². The molecule has 1 saturated heterocycles. The molecule has 0 spiro atoms. The molecule has 1 aliphatic heterocycles. The van der Waals surface area contributed by atoms with Crippen LogP contribution in [0.3, 0.4) is 0 Å². The highest BCUT2D eigenvalue weighted by atomic mass is 16.5. The van der Waals surface area contributed by atoms with Crippen LogP contribution in [0.5, 0.6) is 0 Å². The van der Waals surface area contributed by atoms with Crippen LogP contribution < -0.4 is 10.6 Å². The Balaban J connectivity index is 1.89. The van der Waals surface area contributed by atoms with Crippen LogP contribution in [0.25, 0.3) is 0 Å². The number of guanidine groups is 1. The van der Waals surface area contributed by atoms with E-state index in [1.54, 1.807) is 14.2 Å². The van der Waals surface area contributed by atoms with Crippen molar-refractivity contribution in [2.75, 3.05) is 33.9 Å². The van der Waals surface area contributed by atoms with E-state index < -0.39 is 0 Å². The summed E-state index contributed by atoms with van der Waals surface area (Å²) < 4.78 is 16.8. The summed E-state index contributed by atoms with van der Waals surface area (Å²) in [6.45, 7) is 6.17. The van der Waals surface area contributed by atoms with Gasteiger partial charge in [-0.25, -0.2) is 0 Å². The molecule has 0 bridgehead atoms. The molecule has 2 heterocycles. The summed E-state index contributed by atoms with van der Waals surface area (Å²) in [5.74, 6) is 2.55. The molecule has 1 aliphatic rings. The summed E-state index contributed by atoms with van der Waals surface area (Å²) in [6.07, 6.45) is 1.78. The van der Waals surface area contributed by atoms with Gasteiger partial charge in [-0.1, -0.05) is 0 Å². The van der Waals surface area contributed by atoms with Gasteiger partial charge in [-0.05, 0) is 26.0 Å². The Bertz CT molecular complexity index is 493. The molecule has 0 aromatic carbocycles. The SMILES string of the molecule is CN=C(NCC1(OC)CCOCC1)NC(C)c1ccc(C)o1. The first-order chi connectivity index (χ1) is 10.6. The molecule has 1 fully saturated rings. The lowest BCUT2D eigenvalue weighted by molar-refractivity contribution is -0.0855. The van der Waals surface area contributed by atoms with Crippen molar-refractivity contribution in [2.24, 2.45) is 4.99 Å². The van der Waals surface area contributed by atoms with Crippen molar-refractivity contribution in [3.05, 3.63) is 23.7 Å². The molecule has 1 unspecified atom stereocenters. The fraction of sp³-hybridized carbons (Fsp3) is 0.688. The van der Waals surface area contributed by atoms with Crippen LogP contribution in [0.4, 0.5) is 0 Å². The van der Waals surface area contributed by atoms with Crippen molar-refractivity contribution in [3.8, 4) is 0 Å². The standard InChI is InChI=1S/C16H27N3O3/c1-12-5-6-14(22-12)13(2)19-15(17-3)18-11-16(20-4)7-9-21-10-8-16/h5-6,13H,7-11H2,1-4H3,(H2,17,18,19). The highest BCUT2D eigenvalue weighted by Crippen LogP contribution is 2.23. The maximum absolute atomic E-state index is 5.72. The predicted octanol–water partition coefficient (Wildman–Crippen LogP) is 2.01. The number of ether oxygens (including phenoxy) is 2. The fourth-order valence-electron chi connectivity index (χ4n) is 2.60. The Morgan fingerprint density at radius 2 is 2.14 bits per heavy atom. The topological polar surface area (TPSA) is 68.0 Å². The Morgan fingerprint density at radius 3 is 2.68 bits per heavy atom. The van der Waals surface area contributed by atoms with Gasteiger partial charge in [-0.3, -0.25) is 4.99 Å². The highest BCUT2D eigenvalue weighted by Gasteiger charge is 2.32. The number of hydrogen-bond donors (Lipinski definition) is 2. The first-order valence-electron chi connectivity index (χ1n) is 7.75. The van der Waals surface area contributed by atoms with Gasteiger partial charge in [-0.2, -0.15) is 0 Å². The first kappa shape index (κ1) is 16.8. The van der Waals surface area contributed by atoms with Crippen molar-refractivity contribution in [1.29, 1.82) is 0 Å². The fourth-order valence-corrected chi connectivity index (χ4v) is 2.60. The molecule has 0 saturated carbocycles. The van der Waals surface area contributed by atoms with Crippen molar-refractivity contribution in [1.82, 2.24) is 10.6 Å². The lowest BCUT2D eigenvalue weighted by Crippen LogP contribution is -2.51. The molecule has 6 nitrogen and oxygen atoms in total. The van der Waals surface area contributed by atoms with E-state index in [0.29, 0.717) is 6.54 Å². The number of hydrogen-bond acceptors (Lipinski definition) is 4. The lowest BCUT2D eigenvalue weighted by atomic mass is 9.94. The maximum atomic E-state index is 5.72. The molecule has 2 rings (SSSR count). The highest BCUT2D eigenvalue weighted by molar-refractivity contribution is 5.80. The molecular weight excluding hydrogens is 282 g/mol. The molecule has 22 heavy (non-hydrogen) atoms.